The van der Waals surface area contributed by atoms with E-state index in [0.717, 1.165) is 29.7 Å². The Kier molecular flexibility index (Phi) is 6.79. The molecule has 0 radical (unpaired) electrons. The van der Waals surface area contributed by atoms with Crippen LogP contribution in [-0.2, 0) is 0 Å². The molecule has 0 spiro atoms. The minimum absolute atomic E-state index is 0.136. The number of rotatable bonds is 4. The summed E-state index contributed by atoms with van der Waals surface area (Å²) in [4.78, 5) is 0. The molecule has 4 rings (SSSR count). The van der Waals surface area contributed by atoms with Gasteiger partial charge in [-0.1, -0.05) is 31.9 Å². The van der Waals surface area contributed by atoms with E-state index in [1.165, 1.54) is 77.0 Å². The van der Waals surface area contributed by atoms with Gasteiger partial charge in [0.05, 0.1) is 0 Å². The second kappa shape index (κ2) is 9.31. The third kappa shape index (κ3) is 4.65. The van der Waals surface area contributed by atoms with E-state index in [9.17, 15) is 0 Å². The Morgan fingerprint density at radius 3 is 1.96 bits per heavy atom. The van der Waals surface area contributed by atoms with Gasteiger partial charge < -0.3 is 0 Å². The summed E-state index contributed by atoms with van der Waals surface area (Å²) in [5, 5.41) is 0. The zero-order chi connectivity index (χ0) is 19.5. The van der Waals surface area contributed by atoms with Gasteiger partial charge in [-0.25, -0.2) is 4.39 Å². The van der Waals surface area contributed by atoms with Crippen molar-refractivity contribution >= 4 is 0 Å². The van der Waals surface area contributed by atoms with Crippen LogP contribution < -0.4 is 0 Å². The molecule has 0 heterocycles. The standard InChI is InChI=1S/C27H41F/c1-3-20-6-10-23(11-7-20)25-16-17-26(27(28)18-25)24-14-12-22(13-15-24)21-8-4-19(2)5-9-21/h3,17-25H,1,4-16H2,2H3. The third-order valence-corrected chi connectivity index (χ3v) is 8.94. The van der Waals surface area contributed by atoms with Gasteiger partial charge in [0.2, 0.25) is 0 Å². The highest BCUT2D eigenvalue weighted by molar-refractivity contribution is 5.32. The van der Waals surface area contributed by atoms with Gasteiger partial charge in [0.25, 0.3) is 0 Å². The fourth-order valence-electron chi connectivity index (χ4n) is 6.87. The minimum atomic E-state index is 0.136. The van der Waals surface area contributed by atoms with Gasteiger partial charge in [0.15, 0.2) is 0 Å². The topological polar surface area (TPSA) is 0 Å². The molecule has 0 N–H and O–H groups in total. The molecule has 3 saturated carbocycles. The van der Waals surface area contributed by atoms with Crippen LogP contribution in [0.5, 0.6) is 0 Å². The highest BCUT2D eigenvalue weighted by atomic mass is 19.1. The van der Waals surface area contributed by atoms with Gasteiger partial charge in [0, 0.05) is 0 Å². The lowest BCUT2D eigenvalue weighted by atomic mass is 9.67. The van der Waals surface area contributed by atoms with Crippen LogP contribution in [0.4, 0.5) is 4.39 Å². The Hall–Kier alpha value is -0.850. The maximum atomic E-state index is 15.1. The fourth-order valence-corrected chi connectivity index (χ4v) is 6.87. The highest BCUT2D eigenvalue weighted by Gasteiger charge is 2.34. The van der Waals surface area contributed by atoms with Crippen molar-refractivity contribution < 1.29 is 4.39 Å². The maximum absolute atomic E-state index is 15.1. The Balaban J connectivity index is 1.27. The molecule has 3 fully saturated rings. The average Bonchev–Trinajstić information content (AvgIpc) is 2.74. The van der Waals surface area contributed by atoms with Gasteiger partial charge in [-0.15, -0.1) is 6.58 Å². The van der Waals surface area contributed by atoms with Crippen LogP contribution in [-0.4, -0.2) is 0 Å². The molecule has 0 aromatic carbocycles. The molecule has 1 unspecified atom stereocenters. The van der Waals surface area contributed by atoms with E-state index in [4.69, 9.17) is 0 Å². The highest BCUT2D eigenvalue weighted by Crippen LogP contribution is 2.46. The number of hydrogen-bond acceptors (Lipinski definition) is 0. The molecule has 0 amide bonds. The Bertz CT molecular complexity index is 575. The summed E-state index contributed by atoms with van der Waals surface area (Å²) in [7, 11) is 0. The van der Waals surface area contributed by atoms with Gasteiger partial charge in [-0.3, -0.25) is 0 Å². The molecular formula is C27H41F. The second-order valence-corrected chi connectivity index (χ2v) is 10.6. The smallest absolute Gasteiger partial charge is 0.122 e. The van der Waals surface area contributed by atoms with E-state index < -0.39 is 0 Å². The predicted octanol–water partition coefficient (Wildman–Crippen LogP) is 8.41. The van der Waals surface area contributed by atoms with E-state index >= 15 is 4.39 Å². The Morgan fingerprint density at radius 1 is 0.821 bits per heavy atom. The molecule has 4 aliphatic rings. The van der Waals surface area contributed by atoms with Crippen LogP contribution in [0, 0.1) is 41.4 Å². The quantitative estimate of drug-likeness (QED) is 0.427. The van der Waals surface area contributed by atoms with Crippen molar-refractivity contribution in [2.45, 2.75) is 90.4 Å². The Morgan fingerprint density at radius 2 is 1.39 bits per heavy atom. The fraction of sp³-hybridized carbons (Fsp3) is 0.778. The molecule has 0 bridgehead atoms. The van der Waals surface area contributed by atoms with Crippen molar-refractivity contribution in [2.75, 3.05) is 0 Å². The molecular weight excluding hydrogens is 343 g/mol. The molecule has 28 heavy (non-hydrogen) atoms. The van der Waals surface area contributed by atoms with Crippen LogP contribution in [0.1, 0.15) is 90.4 Å². The third-order valence-electron chi connectivity index (χ3n) is 8.94. The summed E-state index contributed by atoms with van der Waals surface area (Å²) < 4.78 is 15.1. The van der Waals surface area contributed by atoms with Crippen LogP contribution in [0.25, 0.3) is 0 Å². The van der Waals surface area contributed by atoms with Crippen LogP contribution in [0.15, 0.2) is 36.2 Å². The number of hydrogen-bond donors (Lipinski definition) is 0. The van der Waals surface area contributed by atoms with Crippen molar-refractivity contribution in [2.24, 2.45) is 41.4 Å². The van der Waals surface area contributed by atoms with Gasteiger partial charge in [-0.2, -0.15) is 0 Å². The molecule has 1 atom stereocenters. The summed E-state index contributed by atoms with van der Waals surface area (Å²) in [5.74, 6) is 5.28. The second-order valence-electron chi connectivity index (χ2n) is 10.6. The zero-order valence-electron chi connectivity index (χ0n) is 18.1. The lowest BCUT2D eigenvalue weighted by molar-refractivity contribution is 0.157. The SMILES string of the molecule is C=CC1CCC(C2C=C(F)C(C3CCC(C4CCC(C)CC4)CC3)=CC2)CC1. The largest absolute Gasteiger partial charge is 0.207 e. The summed E-state index contributed by atoms with van der Waals surface area (Å²) in [6, 6.07) is 0. The normalized spacial score (nSPS) is 42.4. The predicted molar refractivity (Wildman–Crippen MR) is 118 cm³/mol. The lowest BCUT2D eigenvalue weighted by Crippen LogP contribution is -2.27. The average molecular weight is 385 g/mol. The van der Waals surface area contributed by atoms with Crippen LogP contribution in [0.2, 0.25) is 0 Å². The van der Waals surface area contributed by atoms with E-state index in [0.29, 0.717) is 23.7 Å². The molecule has 1 heteroatoms. The molecule has 0 saturated heterocycles. The summed E-state index contributed by atoms with van der Waals surface area (Å²) in [6.07, 6.45) is 23.4. The molecule has 0 aromatic heterocycles. The summed E-state index contributed by atoms with van der Waals surface area (Å²) >= 11 is 0. The van der Waals surface area contributed by atoms with Crippen molar-refractivity contribution in [3.63, 3.8) is 0 Å². The first-order valence-electron chi connectivity index (χ1n) is 12.3. The lowest BCUT2D eigenvalue weighted by Gasteiger charge is -2.38. The van der Waals surface area contributed by atoms with Crippen molar-refractivity contribution in [1.29, 1.82) is 0 Å². The van der Waals surface area contributed by atoms with E-state index in [1.54, 1.807) is 0 Å². The first-order chi connectivity index (χ1) is 13.6. The summed E-state index contributed by atoms with van der Waals surface area (Å²) in [6.45, 7) is 6.37. The first kappa shape index (κ1) is 20.4. The Labute approximate surface area is 172 Å². The monoisotopic (exact) mass is 384 g/mol. The van der Waals surface area contributed by atoms with Gasteiger partial charge in [-0.05, 0) is 124 Å². The first-order valence-corrected chi connectivity index (χ1v) is 12.3. The van der Waals surface area contributed by atoms with Crippen molar-refractivity contribution in [1.82, 2.24) is 0 Å². The minimum Gasteiger partial charge on any atom is -0.207 e. The van der Waals surface area contributed by atoms with E-state index in [1.807, 2.05) is 6.08 Å². The van der Waals surface area contributed by atoms with E-state index in [-0.39, 0.29) is 5.83 Å². The van der Waals surface area contributed by atoms with E-state index in [2.05, 4.69) is 25.7 Å². The van der Waals surface area contributed by atoms with Crippen LogP contribution in [0.3, 0.4) is 0 Å². The maximum Gasteiger partial charge on any atom is 0.122 e. The summed E-state index contributed by atoms with van der Waals surface area (Å²) in [5.41, 5.74) is 1.08. The molecule has 0 aromatic rings. The number of halogens is 1. The number of allylic oxidation sites excluding steroid dienone is 5. The zero-order valence-corrected chi connectivity index (χ0v) is 18.1. The molecule has 0 aliphatic heterocycles. The van der Waals surface area contributed by atoms with Gasteiger partial charge in [0.1, 0.15) is 5.83 Å². The molecule has 156 valence electrons. The van der Waals surface area contributed by atoms with Crippen molar-refractivity contribution in [3.05, 3.63) is 36.2 Å². The van der Waals surface area contributed by atoms with Crippen LogP contribution >= 0.6 is 0 Å². The molecule has 0 nitrogen and oxygen atoms in total. The molecule has 4 aliphatic carbocycles. The van der Waals surface area contributed by atoms with Crippen molar-refractivity contribution in [3.8, 4) is 0 Å². The van der Waals surface area contributed by atoms with Gasteiger partial charge >= 0.3 is 0 Å².